The van der Waals surface area contributed by atoms with Crippen LogP contribution in [-0.2, 0) is 0 Å². The van der Waals surface area contributed by atoms with Crippen molar-refractivity contribution in [3.8, 4) is 5.75 Å². The molecule has 3 heteroatoms. The van der Waals surface area contributed by atoms with Crippen LogP contribution in [0.3, 0.4) is 0 Å². The first kappa shape index (κ1) is 13.7. The summed E-state index contributed by atoms with van der Waals surface area (Å²) in [5.74, 6) is 1.35. The van der Waals surface area contributed by atoms with Crippen molar-refractivity contribution in [2.75, 3.05) is 19.7 Å². The number of carbonyl (C=O) groups is 1. The molecule has 0 radical (unpaired) electrons. The lowest BCUT2D eigenvalue weighted by Crippen LogP contribution is -2.25. The van der Waals surface area contributed by atoms with Crippen LogP contribution in [0.1, 0.15) is 31.1 Å². The molecule has 3 nitrogen and oxygen atoms in total. The zero-order chi connectivity index (χ0) is 12.7. The first-order valence-electron chi connectivity index (χ1n) is 6.04. The lowest BCUT2D eigenvalue weighted by molar-refractivity contribution is 0.101. The number of Topliss-reactive ketones (excluding diaryl/α,β-unsaturated/α-hetero) is 1. The monoisotopic (exact) mass is 235 g/mol. The molecule has 0 unspecified atom stereocenters. The summed E-state index contributed by atoms with van der Waals surface area (Å²) < 4.78 is 5.60. The Hall–Kier alpha value is -1.35. The Morgan fingerprint density at radius 3 is 2.71 bits per heavy atom. The molecule has 1 aromatic carbocycles. The van der Waals surface area contributed by atoms with E-state index in [0.29, 0.717) is 23.8 Å². The topological polar surface area (TPSA) is 38.3 Å². The number of carbonyl (C=O) groups excluding carboxylic acids is 1. The van der Waals surface area contributed by atoms with Crippen molar-refractivity contribution in [3.05, 3.63) is 29.8 Å². The molecular formula is C14H21NO2. The zero-order valence-corrected chi connectivity index (χ0v) is 10.8. The maximum atomic E-state index is 11.3. The van der Waals surface area contributed by atoms with Crippen LogP contribution in [0.25, 0.3) is 0 Å². The van der Waals surface area contributed by atoms with Crippen LogP contribution in [0.4, 0.5) is 0 Å². The molecule has 0 heterocycles. The van der Waals surface area contributed by atoms with Gasteiger partial charge in [-0.2, -0.15) is 0 Å². The lowest BCUT2D eigenvalue weighted by atomic mass is 10.1. The average molecular weight is 235 g/mol. The van der Waals surface area contributed by atoms with Crippen LogP contribution in [0, 0.1) is 5.92 Å². The van der Waals surface area contributed by atoms with E-state index in [2.05, 4.69) is 19.2 Å². The number of rotatable bonds is 7. The molecule has 0 saturated carbocycles. The third-order valence-corrected chi connectivity index (χ3v) is 2.36. The number of benzene rings is 1. The molecule has 94 valence electrons. The van der Waals surface area contributed by atoms with Crippen molar-refractivity contribution >= 4 is 5.78 Å². The van der Waals surface area contributed by atoms with Gasteiger partial charge in [-0.05, 0) is 31.5 Å². The van der Waals surface area contributed by atoms with E-state index in [9.17, 15) is 4.79 Å². The van der Waals surface area contributed by atoms with E-state index in [0.717, 1.165) is 13.1 Å². The molecule has 0 atom stereocenters. The number of hydrogen-bond acceptors (Lipinski definition) is 3. The second kappa shape index (κ2) is 7.07. The number of nitrogens with one attached hydrogen (secondary N) is 1. The molecule has 0 amide bonds. The standard InChI is InChI=1S/C14H21NO2/c1-11(2)10-15-8-9-17-14-7-5-4-6-13(14)12(3)16/h4-7,11,15H,8-10H2,1-3H3. The van der Waals surface area contributed by atoms with Crippen molar-refractivity contribution in [2.24, 2.45) is 5.92 Å². The van der Waals surface area contributed by atoms with Crippen molar-refractivity contribution in [2.45, 2.75) is 20.8 Å². The summed E-state index contributed by atoms with van der Waals surface area (Å²) in [6.07, 6.45) is 0. The van der Waals surface area contributed by atoms with Crippen molar-refractivity contribution < 1.29 is 9.53 Å². The van der Waals surface area contributed by atoms with Gasteiger partial charge in [-0.15, -0.1) is 0 Å². The van der Waals surface area contributed by atoms with Crippen LogP contribution < -0.4 is 10.1 Å². The van der Waals surface area contributed by atoms with Crippen LogP contribution in [0.5, 0.6) is 5.75 Å². The Morgan fingerprint density at radius 2 is 2.06 bits per heavy atom. The molecule has 1 N–H and O–H groups in total. The van der Waals surface area contributed by atoms with Gasteiger partial charge in [0, 0.05) is 6.54 Å². The minimum absolute atomic E-state index is 0.0377. The van der Waals surface area contributed by atoms with Gasteiger partial charge in [-0.1, -0.05) is 26.0 Å². The van der Waals surface area contributed by atoms with E-state index in [1.807, 2.05) is 18.2 Å². The molecule has 0 spiro atoms. The summed E-state index contributed by atoms with van der Waals surface area (Å²) in [4.78, 5) is 11.3. The second-order valence-electron chi connectivity index (χ2n) is 4.50. The zero-order valence-electron chi connectivity index (χ0n) is 10.8. The average Bonchev–Trinajstić information content (AvgIpc) is 2.28. The Bertz CT molecular complexity index is 361. The molecule has 17 heavy (non-hydrogen) atoms. The molecule has 0 bridgehead atoms. The molecule has 1 aromatic rings. The molecule has 0 fully saturated rings. The largest absolute Gasteiger partial charge is 0.492 e. The minimum Gasteiger partial charge on any atom is -0.492 e. The second-order valence-corrected chi connectivity index (χ2v) is 4.50. The van der Waals surface area contributed by atoms with E-state index in [1.165, 1.54) is 0 Å². The Morgan fingerprint density at radius 1 is 1.35 bits per heavy atom. The summed E-state index contributed by atoms with van der Waals surface area (Å²) in [6, 6.07) is 7.35. The van der Waals surface area contributed by atoms with Gasteiger partial charge in [0.2, 0.25) is 0 Å². The van der Waals surface area contributed by atoms with Crippen molar-refractivity contribution in [1.82, 2.24) is 5.32 Å². The van der Waals surface area contributed by atoms with Gasteiger partial charge in [0.05, 0.1) is 5.56 Å². The fourth-order valence-electron chi connectivity index (χ4n) is 1.51. The number of hydrogen-bond donors (Lipinski definition) is 1. The van der Waals surface area contributed by atoms with E-state index in [4.69, 9.17) is 4.74 Å². The van der Waals surface area contributed by atoms with Gasteiger partial charge in [0.1, 0.15) is 12.4 Å². The highest BCUT2D eigenvalue weighted by atomic mass is 16.5. The SMILES string of the molecule is CC(=O)c1ccccc1OCCNCC(C)C. The fourth-order valence-corrected chi connectivity index (χ4v) is 1.51. The van der Waals surface area contributed by atoms with Crippen LogP contribution in [-0.4, -0.2) is 25.5 Å². The van der Waals surface area contributed by atoms with Gasteiger partial charge in [0.25, 0.3) is 0 Å². The van der Waals surface area contributed by atoms with E-state index < -0.39 is 0 Å². The predicted molar refractivity (Wildman–Crippen MR) is 69.6 cm³/mol. The van der Waals surface area contributed by atoms with Crippen LogP contribution in [0.15, 0.2) is 24.3 Å². The first-order valence-corrected chi connectivity index (χ1v) is 6.04. The van der Waals surface area contributed by atoms with Crippen LogP contribution >= 0.6 is 0 Å². The van der Waals surface area contributed by atoms with Gasteiger partial charge >= 0.3 is 0 Å². The first-order chi connectivity index (χ1) is 8.11. The highest BCUT2D eigenvalue weighted by Crippen LogP contribution is 2.17. The Kier molecular flexibility index (Phi) is 5.70. The maximum absolute atomic E-state index is 11.3. The smallest absolute Gasteiger partial charge is 0.163 e. The van der Waals surface area contributed by atoms with E-state index in [-0.39, 0.29) is 5.78 Å². The van der Waals surface area contributed by atoms with Crippen molar-refractivity contribution in [3.63, 3.8) is 0 Å². The van der Waals surface area contributed by atoms with Gasteiger partial charge in [0.15, 0.2) is 5.78 Å². The summed E-state index contributed by atoms with van der Waals surface area (Å²) in [6.45, 7) is 8.25. The molecule has 0 aliphatic heterocycles. The Labute approximate surface area is 103 Å². The van der Waals surface area contributed by atoms with Gasteiger partial charge in [-0.25, -0.2) is 0 Å². The van der Waals surface area contributed by atoms with E-state index in [1.54, 1.807) is 13.0 Å². The summed E-state index contributed by atoms with van der Waals surface area (Å²) in [5.41, 5.74) is 0.649. The van der Waals surface area contributed by atoms with Gasteiger partial charge in [-0.3, -0.25) is 4.79 Å². The number of para-hydroxylation sites is 1. The maximum Gasteiger partial charge on any atom is 0.163 e. The molecule has 0 aliphatic carbocycles. The van der Waals surface area contributed by atoms with Crippen LogP contribution in [0.2, 0.25) is 0 Å². The highest BCUT2D eigenvalue weighted by Gasteiger charge is 2.06. The highest BCUT2D eigenvalue weighted by molar-refractivity contribution is 5.96. The molecular weight excluding hydrogens is 214 g/mol. The molecule has 0 saturated heterocycles. The molecule has 0 aromatic heterocycles. The lowest BCUT2D eigenvalue weighted by Gasteiger charge is -2.11. The van der Waals surface area contributed by atoms with Gasteiger partial charge < -0.3 is 10.1 Å². The number of ether oxygens (including phenoxy) is 1. The third kappa shape index (κ3) is 5.00. The van der Waals surface area contributed by atoms with Crippen molar-refractivity contribution in [1.29, 1.82) is 0 Å². The quantitative estimate of drug-likeness (QED) is 0.583. The molecule has 0 aliphatic rings. The number of ketones is 1. The normalized spacial score (nSPS) is 10.6. The molecule has 1 rings (SSSR count). The predicted octanol–water partition coefficient (Wildman–Crippen LogP) is 2.51. The minimum atomic E-state index is 0.0377. The summed E-state index contributed by atoms with van der Waals surface area (Å²) in [5, 5.41) is 3.29. The summed E-state index contributed by atoms with van der Waals surface area (Å²) >= 11 is 0. The van der Waals surface area contributed by atoms with E-state index >= 15 is 0 Å². The summed E-state index contributed by atoms with van der Waals surface area (Å²) in [7, 11) is 0. The fraction of sp³-hybridized carbons (Fsp3) is 0.500. The third-order valence-electron chi connectivity index (χ3n) is 2.36. The Balaban J connectivity index is 2.39.